The number of hydrogen-bond acceptors (Lipinski definition) is 2. The van der Waals surface area contributed by atoms with Crippen molar-refractivity contribution in [2.45, 2.75) is 19.9 Å². The summed E-state index contributed by atoms with van der Waals surface area (Å²) in [6, 6.07) is -0.811. The van der Waals surface area contributed by atoms with Crippen LogP contribution in [-0.2, 0) is 4.79 Å². The van der Waals surface area contributed by atoms with Gasteiger partial charge in [0.25, 0.3) is 0 Å². The molecule has 0 fully saturated rings. The van der Waals surface area contributed by atoms with Gasteiger partial charge in [-0.15, -0.1) is 0 Å². The van der Waals surface area contributed by atoms with Crippen molar-refractivity contribution in [1.82, 2.24) is 5.32 Å². The van der Waals surface area contributed by atoms with Crippen LogP contribution in [0.4, 0.5) is 4.79 Å². The Kier molecular flexibility index (Phi) is 3.89. The number of carbonyl (C=O) groups is 2. The van der Waals surface area contributed by atoms with Crippen LogP contribution < -0.4 is 5.32 Å². The van der Waals surface area contributed by atoms with Gasteiger partial charge >= 0.3 is 6.09 Å². The summed E-state index contributed by atoms with van der Waals surface area (Å²) in [5.74, 6) is -0.129. The standard InChI is InChI=1S/C6H10ClNO3/c1-3(2)4(5(7)9)8-6(10)11/h3-4,8H,1-2H3,(H,10,11)/t4-/m0/s1. The van der Waals surface area contributed by atoms with Crippen LogP contribution in [0.15, 0.2) is 0 Å². The van der Waals surface area contributed by atoms with E-state index in [0.29, 0.717) is 0 Å². The first-order chi connectivity index (χ1) is 4.95. The molecule has 1 atom stereocenters. The molecule has 1 amide bonds. The molecular formula is C6H10ClNO3. The summed E-state index contributed by atoms with van der Waals surface area (Å²) in [4.78, 5) is 20.7. The van der Waals surface area contributed by atoms with Crippen LogP contribution >= 0.6 is 11.6 Å². The van der Waals surface area contributed by atoms with Gasteiger partial charge < -0.3 is 10.4 Å². The second kappa shape index (κ2) is 4.18. The van der Waals surface area contributed by atoms with Crippen molar-refractivity contribution in [3.63, 3.8) is 0 Å². The normalized spacial score (nSPS) is 12.7. The summed E-state index contributed by atoms with van der Waals surface area (Å²) < 4.78 is 0. The fourth-order valence-corrected chi connectivity index (χ4v) is 0.925. The molecule has 64 valence electrons. The molecule has 2 N–H and O–H groups in total. The fourth-order valence-electron chi connectivity index (χ4n) is 0.619. The Labute approximate surface area is 69.5 Å². The maximum absolute atomic E-state index is 10.6. The first kappa shape index (κ1) is 10.2. The lowest BCUT2D eigenvalue weighted by molar-refractivity contribution is -0.114. The zero-order valence-electron chi connectivity index (χ0n) is 6.30. The number of rotatable bonds is 3. The molecular weight excluding hydrogens is 170 g/mol. The van der Waals surface area contributed by atoms with Crippen LogP contribution in [-0.4, -0.2) is 22.5 Å². The number of nitrogens with one attached hydrogen (secondary N) is 1. The number of carbonyl (C=O) groups excluding carboxylic acids is 1. The van der Waals surface area contributed by atoms with E-state index < -0.39 is 17.4 Å². The van der Waals surface area contributed by atoms with Crippen molar-refractivity contribution in [1.29, 1.82) is 0 Å². The SMILES string of the molecule is CC(C)[C@H](NC(=O)O)C(=O)Cl. The molecule has 0 aromatic rings. The average Bonchev–Trinajstić information content (AvgIpc) is 1.81. The molecule has 0 saturated heterocycles. The molecule has 11 heavy (non-hydrogen) atoms. The van der Waals surface area contributed by atoms with E-state index in [0.717, 1.165) is 0 Å². The Morgan fingerprint density at radius 3 is 2.00 bits per heavy atom. The van der Waals surface area contributed by atoms with E-state index in [1.54, 1.807) is 13.8 Å². The van der Waals surface area contributed by atoms with Crippen LogP contribution in [0.2, 0.25) is 0 Å². The number of carboxylic acid groups (broad SMARTS) is 1. The zero-order valence-corrected chi connectivity index (χ0v) is 7.05. The highest BCUT2D eigenvalue weighted by atomic mass is 35.5. The second-order valence-electron chi connectivity index (χ2n) is 2.48. The molecule has 0 radical (unpaired) electrons. The molecule has 0 aromatic carbocycles. The molecule has 0 rings (SSSR count). The van der Waals surface area contributed by atoms with Crippen molar-refractivity contribution in [3.8, 4) is 0 Å². The molecule has 0 bridgehead atoms. The van der Waals surface area contributed by atoms with Gasteiger partial charge in [0, 0.05) is 0 Å². The minimum Gasteiger partial charge on any atom is -0.465 e. The third-order valence-corrected chi connectivity index (χ3v) is 1.43. The smallest absolute Gasteiger partial charge is 0.405 e. The summed E-state index contributed by atoms with van der Waals surface area (Å²) in [5.41, 5.74) is 0. The van der Waals surface area contributed by atoms with Crippen LogP contribution in [0, 0.1) is 5.92 Å². The van der Waals surface area contributed by atoms with Crippen molar-refractivity contribution in [3.05, 3.63) is 0 Å². The van der Waals surface area contributed by atoms with E-state index in [2.05, 4.69) is 0 Å². The monoisotopic (exact) mass is 179 g/mol. The highest BCUT2D eigenvalue weighted by Gasteiger charge is 2.21. The lowest BCUT2D eigenvalue weighted by Gasteiger charge is -2.15. The molecule has 0 heterocycles. The van der Waals surface area contributed by atoms with E-state index in [-0.39, 0.29) is 5.92 Å². The maximum atomic E-state index is 10.6. The predicted octanol–water partition coefficient (Wildman–Crippen LogP) is 1.04. The van der Waals surface area contributed by atoms with Crippen LogP contribution in [0.1, 0.15) is 13.8 Å². The van der Waals surface area contributed by atoms with Crippen molar-refractivity contribution in [2.24, 2.45) is 5.92 Å². The Morgan fingerprint density at radius 2 is 1.91 bits per heavy atom. The van der Waals surface area contributed by atoms with E-state index in [9.17, 15) is 9.59 Å². The van der Waals surface area contributed by atoms with Crippen LogP contribution in [0.25, 0.3) is 0 Å². The van der Waals surface area contributed by atoms with Crippen LogP contribution in [0.3, 0.4) is 0 Å². The van der Waals surface area contributed by atoms with Gasteiger partial charge in [-0.05, 0) is 17.5 Å². The van der Waals surface area contributed by atoms with Gasteiger partial charge in [0.2, 0.25) is 5.24 Å². The highest BCUT2D eigenvalue weighted by Crippen LogP contribution is 2.04. The van der Waals surface area contributed by atoms with Crippen LogP contribution in [0.5, 0.6) is 0 Å². The summed E-state index contributed by atoms with van der Waals surface area (Å²) in [6.45, 7) is 3.42. The molecule has 0 spiro atoms. The minimum atomic E-state index is -1.24. The Bertz CT molecular complexity index is 169. The maximum Gasteiger partial charge on any atom is 0.405 e. The molecule has 5 heteroatoms. The summed E-state index contributed by atoms with van der Waals surface area (Å²) in [5, 5.41) is 9.60. The molecule has 0 aliphatic carbocycles. The Balaban J connectivity index is 4.12. The van der Waals surface area contributed by atoms with Gasteiger partial charge in [-0.3, -0.25) is 4.79 Å². The number of halogens is 1. The van der Waals surface area contributed by atoms with Gasteiger partial charge in [0.1, 0.15) is 6.04 Å². The van der Waals surface area contributed by atoms with Crippen molar-refractivity contribution in [2.75, 3.05) is 0 Å². The molecule has 0 unspecified atom stereocenters. The summed E-state index contributed by atoms with van der Waals surface area (Å²) in [7, 11) is 0. The van der Waals surface area contributed by atoms with Gasteiger partial charge in [-0.25, -0.2) is 4.79 Å². The van der Waals surface area contributed by atoms with Gasteiger partial charge in [0.05, 0.1) is 0 Å². The third kappa shape index (κ3) is 3.83. The fraction of sp³-hybridized carbons (Fsp3) is 0.667. The Hall–Kier alpha value is -0.770. The van der Waals surface area contributed by atoms with Gasteiger partial charge in [-0.1, -0.05) is 13.8 Å². The minimum absolute atomic E-state index is 0.129. The number of hydrogen-bond donors (Lipinski definition) is 2. The zero-order chi connectivity index (χ0) is 9.02. The molecule has 0 saturated carbocycles. The first-order valence-corrected chi connectivity index (χ1v) is 3.51. The largest absolute Gasteiger partial charge is 0.465 e. The summed E-state index contributed by atoms with van der Waals surface area (Å²) in [6.07, 6.45) is -1.24. The number of amides is 1. The Morgan fingerprint density at radius 1 is 1.45 bits per heavy atom. The first-order valence-electron chi connectivity index (χ1n) is 3.14. The molecule has 0 aromatic heterocycles. The van der Waals surface area contributed by atoms with Crippen molar-refractivity contribution < 1.29 is 14.7 Å². The summed E-state index contributed by atoms with van der Waals surface area (Å²) >= 11 is 5.12. The van der Waals surface area contributed by atoms with Crippen molar-refractivity contribution >= 4 is 22.9 Å². The van der Waals surface area contributed by atoms with E-state index in [4.69, 9.17) is 16.7 Å². The second-order valence-corrected chi connectivity index (χ2v) is 2.85. The predicted molar refractivity (Wildman–Crippen MR) is 40.6 cm³/mol. The average molecular weight is 180 g/mol. The van der Waals surface area contributed by atoms with E-state index in [1.165, 1.54) is 0 Å². The van der Waals surface area contributed by atoms with E-state index in [1.807, 2.05) is 5.32 Å². The van der Waals surface area contributed by atoms with Gasteiger partial charge in [0.15, 0.2) is 0 Å². The lowest BCUT2D eigenvalue weighted by atomic mass is 10.1. The lowest BCUT2D eigenvalue weighted by Crippen LogP contribution is -2.41. The van der Waals surface area contributed by atoms with E-state index >= 15 is 0 Å². The highest BCUT2D eigenvalue weighted by molar-refractivity contribution is 6.64. The molecule has 0 aliphatic heterocycles. The molecule has 0 aliphatic rings. The quantitative estimate of drug-likeness (QED) is 0.637. The van der Waals surface area contributed by atoms with Gasteiger partial charge in [-0.2, -0.15) is 0 Å². The molecule has 4 nitrogen and oxygen atoms in total. The third-order valence-electron chi connectivity index (χ3n) is 1.19. The topological polar surface area (TPSA) is 66.4 Å².